The molecule has 3 saturated heterocycles. The Hall–Kier alpha value is -8.88. The van der Waals surface area contributed by atoms with Gasteiger partial charge in [-0.05, 0) is 19.3 Å². The lowest BCUT2D eigenvalue weighted by Gasteiger charge is -2.44. The zero-order chi connectivity index (χ0) is 80.6. The number of amides is 4. The van der Waals surface area contributed by atoms with Gasteiger partial charge < -0.3 is 126 Å². The first kappa shape index (κ1) is 93.3. The Morgan fingerprint density at radius 3 is 0.750 bits per heavy atom. The van der Waals surface area contributed by atoms with E-state index in [4.69, 9.17) is 105 Å². The smallest absolute Gasteiger partial charge is 0.303 e. The molecule has 6 N–H and O–H groups in total. The summed E-state index contributed by atoms with van der Waals surface area (Å²) >= 11 is 0. The number of carbonyl (C=O) groups is 16. The van der Waals surface area contributed by atoms with E-state index in [0.717, 1.165) is 83.1 Å². The van der Waals surface area contributed by atoms with Gasteiger partial charge in [0.1, 0.15) is 38.1 Å². The second kappa shape index (κ2) is 49.2. The van der Waals surface area contributed by atoms with Crippen LogP contribution in [0.1, 0.15) is 122 Å². The van der Waals surface area contributed by atoms with Gasteiger partial charge in [0.05, 0.1) is 66.0 Å². The molecule has 3 aliphatic rings. The van der Waals surface area contributed by atoms with Crippen LogP contribution in [-0.2, 0) is 176 Å². The highest BCUT2D eigenvalue weighted by atomic mass is 16.8. The van der Waals surface area contributed by atoms with Crippen molar-refractivity contribution in [2.45, 2.75) is 219 Å². The van der Waals surface area contributed by atoms with Crippen molar-refractivity contribution in [3.05, 3.63) is 0 Å². The zero-order valence-electron chi connectivity index (χ0n) is 62.4. The summed E-state index contributed by atoms with van der Waals surface area (Å²) in [5.74, 6) is -12.1. The topological polar surface area (TPSA) is 541 Å². The average molecular weight is 1560 g/mol. The first-order valence-electron chi connectivity index (χ1n) is 34.3. The van der Waals surface area contributed by atoms with Crippen LogP contribution in [0.2, 0.25) is 0 Å². The standard InChI is InChI=1S/C66H101N5O37/c1-35(72)94-32-47-54(97-38(4)75)57(100-41(7)78)60(103-44(10)81)63(106-47)91-28-25-88-22-19-68-50(84)13-16-66(71-53(87)31-67,17-14-51(85)69-20-23-89-26-29-92-64-61(104-45(11)82)58(101-42(8)79)55(98-39(5)76)48(107-64)33-95-36(2)73)18-15-52(86)70-21-24-90-27-30-93-65-62(105-46(12)83)59(102-43(9)80)56(99-40(6)77)49(108-65)34-96-37(3)74/h47-49,54-65H,13-34,67H2,1-12H3,(H,68,84)(H,69,85)(H,70,86)(H,71,87)/t47-,48-,49-,54-,55-,56-,57+,58+,59+,60-,61-,62-,63-,64-,65-/m1/s1. The fraction of sp³-hybridized carbons (Fsp3) is 0.758. The molecule has 0 radical (unpaired) electrons. The first-order valence-corrected chi connectivity index (χ1v) is 34.3. The van der Waals surface area contributed by atoms with Crippen molar-refractivity contribution in [2.75, 3.05) is 105 Å². The number of hydrogen-bond acceptors (Lipinski definition) is 38. The fourth-order valence-electron chi connectivity index (χ4n) is 11.0. The molecule has 0 aromatic heterocycles. The van der Waals surface area contributed by atoms with Crippen LogP contribution in [-0.4, -0.2) is 298 Å². The van der Waals surface area contributed by atoms with Crippen molar-refractivity contribution in [1.29, 1.82) is 0 Å². The Morgan fingerprint density at radius 1 is 0.296 bits per heavy atom. The summed E-state index contributed by atoms with van der Waals surface area (Å²) in [6, 6.07) is 0. The van der Waals surface area contributed by atoms with Crippen LogP contribution < -0.4 is 27.0 Å². The molecule has 0 spiro atoms. The van der Waals surface area contributed by atoms with Crippen molar-refractivity contribution >= 4 is 95.3 Å². The molecule has 3 heterocycles. The third-order valence-electron chi connectivity index (χ3n) is 15.2. The highest BCUT2D eigenvalue weighted by molar-refractivity contribution is 5.81. The molecule has 0 bridgehead atoms. The molecule has 0 aromatic rings. The quantitative estimate of drug-likeness (QED) is 0.0228. The van der Waals surface area contributed by atoms with E-state index in [-0.39, 0.29) is 118 Å². The second-order valence-electron chi connectivity index (χ2n) is 24.2. The Balaban J connectivity index is 1.73. The van der Waals surface area contributed by atoms with E-state index in [1.54, 1.807) is 0 Å². The van der Waals surface area contributed by atoms with Crippen LogP contribution in [0.4, 0.5) is 0 Å². The van der Waals surface area contributed by atoms with Crippen LogP contribution in [0.25, 0.3) is 0 Å². The van der Waals surface area contributed by atoms with Crippen molar-refractivity contribution < 1.29 is 176 Å². The van der Waals surface area contributed by atoms with Gasteiger partial charge in [0.25, 0.3) is 0 Å². The van der Waals surface area contributed by atoms with Crippen LogP contribution in [0.15, 0.2) is 0 Å². The molecule has 612 valence electrons. The molecule has 0 saturated carbocycles. The summed E-state index contributed by atoms with van der Waals surface area (Å²) in [6.07, 6.45) is -22.8. The Morgan fingerprint density at radius 2 is 0.528 bits per heavy atom. The van der Waals surface area contributed by atoms with Gasteiger partial charge in [0, 0.05) is 128 Å². The third kappa shape index (κ3) is 36.3. The first-order chi connectivity index (χ1) is 51.0. The highest BCUT2D eigenvalue weighted by Crippen LogP contribution is 2.34. The minimum atomic E-state index is -1.49. The fourth-order valence-corrected chi connectivity index (χ4v) is 11.0. The molecule has 3 fully saturated rings. The zero-order valence-corrected chi connectivity index (χ0v) is 62.4. The minimum Gasteiger partial charge on any atom is -0.463 e. The lowest BCUT2D eigenvalue weighted by Crippen LogP contribution is -2.63. The minimum absolute atomic E-state index is 0.0843. The molecule has 0 aliphatic carbocycles. The SMILES string of the molecule is CC(=O)OC[C@H]1O[C@@H](OCCOCCNC(=O)CCC(CCC(=O)NCCOCCO[C@@H]2O[C@H](COC(C)=O)[C@@H](OC(C)=O)[C@H](OC(C)=O)[C@H]2OC(C)=O)(CCC(=O)NCCOCCO[C@@H]2O[C@H](COC(C)=O)[C@@H](OC(C)=O)[C@H](OC(C)=O)[C@H]2OC(C)=O)NC(=O)CN)[C@H](OC(C)=O)[C@@H](OC(C)=O)[C@@H]1OC(C)=O. The summed E-state index contributed by atoms with van der Waals surface area (Å²) in [5.41, 5.74) is 4.32. The Kier molecular flexibility index (Phi) is 42.5. The van der Waals surface area contributed by atoms with Crippen molar-refractivity contribution in [3.8, 4) is 0 Å². The molecule has 0 unspecified atom stereocenters. The van der Waals surface area contributed by atoms with Crippen molar-refractivity contribution in [1.82, 2.24) is 21.3 Å². The van der Waals surface area contributed by atoms with Crippen LogP contribution in [0.5, 0.6) is 0 Å². The molecule has 4 amide bonds. The molecule has 3 rings (SSSR count). The molecular weight excluding hydrogens is 1450 g/mol. The van der Waals surface area contributed by atoms with E-state index in [2.05, 4.69) is 21.3 Å². The van der Waals surface area contributed by atoms with Crippen molar-refractivity contribution in [3.63, 3.8) is 0 Å². The van der Waals surface area contributed by atoms with Crippen molar-refractivity contribution in [2.24, 2.45) is 5.73 Å². The molecule has 42 nitrogen and oxygen atoms in total. The van der Waals surface area contributed by atoms with Gasteiger partial charge in [-0.15, -0.1) is 0 Å². The van der Waals surface area contributed by atoms with E-state index < -0.39 is 219 Å². The van der Waals surface area contributed by atoms with E-state index in [9.17, 15) is 76.7 Å². The molecular formula is C66H101N5O37. The van der Waals surface area contributed by atoms with Gasteiger partial charge in [-0.3, -0.25) is 76.7 Å². The molecule has 108 heavy (non-hydrogen) atoms. The Bertz CT molecular complexity index is 2720. The second-order valence-corrected chi connectivity index (χ2v) is 24.2. The monoisotopic (exact) mass is 1560 g/mol. The lowest BCUT2D eigenvalue weighted by atomic mass is 9.83. The maximum atomic E-state index is 13.5. The number of ether oxygens (including phenoxy) is 21. The van der Waals surface area contributed by atoms with Gasteiger partial charge in [-0.25, -0.2) is 0 Å². The van der Waals surface area contributed by atoms with E-state index in [1.165, 1.54) is 0 Å². The maximum absolute atomic E-state index is 13.5. The number of nitrogens with two attached hydrogens (primary N) is 1. The number of nitrogens with one attached hydrogen (secondary N) is 4. The summed E-state index contributed by atoms with van der Waals surface area (Å²) in [7, 11) is 0. The van der Waals surface area contributed by atoms with Gasteiger partial charge in [0.15, 0.2) is 73.8 Å². The van der Waals surface area contributed by atoms with Gasteiger partial charge in [0.2, 0.25) is 23.6 Å². The summed E-state index contributed by atoms with van der Waals surface area (Å²) in [4.78, 5) is 199. The normalized spacial score (nSPS) is 23.7. The lowest BCUT2D eigenvalue weighted by molar-refractivity contribution is -0.309. The Labute approximate surface area is 621 Å². The molecule has 0 aromatic carbocycles. The van der Waals surface area contributed by atoms with E-state index >= 15 is 0 Å². The summed E-state index contributed by atoms with van der Waals surface area (Å²) < 4.78 is 116. The van der Waals surface area contributed by atoms with Crippen LogP contribution >= 0.6 is 0 Å². The number of esters is 12. The number of hydrogen-bond donors (Lipinski definition) is 5. The predicted molar refractivity (Wildman–Crippen MR) is 353 cm³/mol. The summed E-state index contributed by atoms with van der Waals surface area (Å²) in [5, 5.41) is 10.9. The highest BCUT2D eigenvalue weighted by Gasteiger charge is 2.56. The van der Waals surface area contributed by atoms with E-state index in [0.29, 0.717) is 0 Å². The third-order valence-corrected chi connectivity index (χ3v) is 15.2. The molecule has 3 aliphatic heterocycles. The van der Waals surface area contributed by atoms with Crippen LogP contribution in [0, 0.1) is 0 Å². The number of rotatable bonds is 47. The predicted octanol–water partition coefficient (Wildman–Crippen LogP) is -3.16. The molecule has 42 heteroatoms. The van der Waals surface area contributed by atoms with Gasteiger partial charge >= 0.3 is 71.6 Å². The average Bonchev–Trinajstić information content (AvgIpc) is 0.799. The largest absolute Gasteiger partial charge is 0.463 e. The van der Waals surface area contributed by atoms with Gasteiger partial charge in [-0.2, -0.15) is 0 Å². The summed E-state index contributed by atoms with van der Waals surface area (Å²) in [6.45, 7) is 9.05. The molecule has 15 atom stereocenters. The van der Waals surface area contributed by atoms with Gasteiger partial charge in [-0.1, -0.05) is 0 Å². The van der Waals surface area contributed by atoms with E-state index in [1.807, 2.05) is 0 Å². The maximum Gasteiger partial charge on any atom is 0.303 e. The van der Waals surface area contributed by atoms with Crippen LogP contribution in [0.3, 0.4) is 0 Å². The number of carbonyl (C=O) groups excluding carboxylic acids is 16.